The second-order valence-corrected chi connectivity index (χ2v) is 7.07. The SMILES string of the molecule is NCC1CCN(S(=O)(=O)c2ccc(OC(F)F)c(Cl)c2)C1. The summed E-state index contributed by atoms with van der Waals surface area (Å²) < 4.78 is 54.6. The number of hydrogen-bond donors (Lipinski definition) is 1. The van der Waals surface area contributed by atoms with Gasteiger partial charge in [0.1, 0.15) is 5.75 Å². The van der Waals surface area contributed by atoms with Crippen LogP contribution >= 0.6 is 11.6 Å². The van der Waals surface area contributed by atoms with Crippen LogP contribution in [0.15, 0.2) is 23.1 Å². The molecular formula is C12H15ClF2N2O3S. The molecule has 1 heterocycles. The molecule has 118 valence electrons. The van der Waals surface area contributed by atoms with Gasteiger partial charge in [0.15, 0.2) is 0 Å². The summed E-state index contributed by atoms with van der Waals surface area (Å²) in [5.74, 6) is -0.122. The lowest BCUT2D eigenvalue weighted by Crippen LogP contribution is -2.30. The van der Waals surface area contributed by atoms with Gasteiger partial charge in [-0.05, 0) is 37.1 Å². The van der Waals surface area contributed by atoms with Gasteiger partial charge in [0.25, 0.3) is 0 Å². The van der Waals surface area contributed by atoms with E-state index in [1.807, 2.05) is 0 Å². The number of benzene rings is 1. The van der Waals surface area contributed by atoms with Gasteiger partial charge in [-0.25, -0.2) is 8.42 Å². The highest BCUT2D eigenvalue weighted by atomic mass is 35.5. The molecule has 0 saturated carbocycles. The molecule has 21 heavy (non-hydrogen) atoms. The van der Waals surface area contributed by atoms with Crippen LogP contribution in [0.5, 0.6) is 5.75 Å². The van der Waals surface area contributed by atoms with E-state index in [1.54, 1.807) is 0 Å². The standard InChI is InChI=1S/C12H15ClF2N2O3S/c13-10-5-9(1-2-11(10)20-12(14)15)21(18,19)17-4-3-8(6-16)7-17/h1-2,5,8,12H,3-4,6-7,16H2. The summed E-state index contributed by atoms with van der Waals surface area (Å²) in [7, 11) is -3.70. The maximum atomic E-state index is 12.4. The van der Waals surface area contributed by atoms with Crippen LogP contribution in [0.1, 0.15) is 6.42 Å². The van der Waals surface area contributed by atoms with Crippen molar-refractivity contribution in [2.45, 2.75) is 17.9 Å². The lowest BCUT2D eigenvalue weighted by molar-refractivity contribution is -0.0498. The molecule has 1 saturated heterocycles. The first-order valence-electron chi connectivity index (χ1n) is 6.29. The van der Waals surface area contributed by atoms with E-state index in [9.17, 15) is 17.2 Å². The molecule has 0 bridgehead atoms. The fourth-order valence-corrected chi connectivity index (χ4v) is 4.04. The van der Waals surface area contributed by atoms with E-state index in [1.165, 1.54) is 10.4 Å². The molecule has 0 aromatic heterocycles. The first-order chi connectivity index (χ1) is 9.84. The van der Waals surface area contributed by atoms with E-state index < -0.39 is 16.6 Å². The number of rotatable bonds is 5. The predicted molar refractivity (Wildman–Crippen MR) is 74.0 cm³/mol. The van der Waals surface area contributed by atoms with Crippen LogP contribution in [0.25, 0.3) is 0 Å². The van der Waals surface area contributed by atoms with Gasteiger partial charge in [-0.3, -0.25) is 0 Å². The van der Waals surface area contributed by atoms with Crippen LogP contribution in [0.4, 0.5) is 8.78 Å². The zero-order valence-corrected chi connectivity index (χ0v) is 12.6. The van der Waals surface area contributed by atoms with Gasteiger partial charge in [0, 0.05) is 13.1 Å². The highest BCUT2D eigenvalue weighted by Gasteiger charge is 2.32. The smallest absolute Gasteiger partial charge is 0.387 e. The first kappa shape index (κ1) is 16.4. The molecule has 2 rings (SSSR count). The summed E-state index contributed by atoms with van der Waals surface area (Å²) in [6, 6.07) is 3.44. The topological polar surface area (TPSA) is 72.6 Å². The Morgan fingerprint density at radius 2 is 2.19 bits per heavy atom. The molecule has 2 N–H and O–H groups in total. The number of alkyl halides is 2. The number of hydrogen-bond acceptors (Lipinski definition) is 4. The summed E-state index contributed by atoms with van der Waals surface area (Å²) >= 11 is 5.78. The van der Waals surface area contributed by atoms with E-state index in [0.717, 1.165) is 12.1 Å². The molecule has 5 nitrogen and oxygen atoms in total. The lowest BCUT2D eigenvalue weighted by Gasteiger charge is -2.17. The van der Waals surface area contributed by atoms with Crippen LogP contribution < -0.4 is 10.5 Å². The number of nitrogens with zero attached hydrogens (tertiary/aromatic N) is 1. The van der Waals surface area contributed by atoms with Crippen LogP contribution in [0.3, 0.4) is 0 Å². The Bertz CT molecular complexity index is 613. The maximum absolute atomic E-state index is 12.4. The highest BCUT2D eigenvalue weighted by Crippen LogP contribution is 2.31. The number of sulfonamides is 1. The zero-order valence-electron chi connectivity index (χ0n) is 11.0. The van der Waals surface area contributed by atoms with Crippen molar-refractivity contribution in [1.82, 2.24) is 4.31 Å². The van der Waals surface area contributed by atoms with Crippen molar-refractivity contribution in [3.8, 4) is 5.75 Å². The van der Waals surface area contributed by atoms with Gasteiger partial charge in [0.05, 0.1) is 9.92 Å². The lowest BCUT2D eigenvalue weighted by atomic mass is 10.1. The largest absolute Gasteiger partial charge is 0.433 e. The van der Waals surface area contributed by atoms with Crippen molar-refractivity contribution >= 4 is 21.6 Å². The third-order valence-corrected chi connectivity index (χ3v) is 5.50. The summed E-state index contributed by atoms with van der Waals surface area (Å²) in [6.07, 6.45) is 0.704. The highest BCUT2D eigenvalue weighted by molar-refractivity contribution is 7.89. The average Bonchev–Trinajstić information content (AvgIpc) is 2.90. The molecule has 1 aromatic carbocycles. The third-order valence-electron chi connectivity index (χ3n) is 3.34. The number of halogens is 3. The number of ether oxygens (including phenoxy) is 1. The zero-order chi connectivity index (χ0) is 15.6. The Morgan fingerprint density at radius 3 is 2.71 bits per heavy atom. The van der Waals surface area contributed by atoms with E-state index in [0.29, 0.717) is 26.1 Å². The van der Waals surface area contributed by atoms with E-state index >= 15 is 0 Å². The second kappa shape index (κ2) is 6.43. The monoisotopic (exact) mass is 340 g/mol. The molecule has 0 radical (unpaired) electrons. The first-order valence-corrected chi connectivity index (χ1v) is 8.11. The molecule has 1 unspecified atom stereocenters. The Balaban J connectivity index is 2.23. The van der Waals surface area contributed by atoms with E-state index in [4.69, 9.17) is 17.3 Å². The second-order valence-electron chi connectivity index (χ2n) is 4.72. The molecule has 1 fully saturated rings. The van der Waals surface area contributed by atoms with Gasteiger partial charge in [-0.1, -0.05) is 11.6 Å². The van der Waals surface area contributed by atoms with Gasteiger partial charge < -0.3 is 10.5 Å². The molecule has 0 amide bonds. The van der Waals surface area contributed by atoms with Crippen LogP contribution in [-0.2, 0) is 10.0 Å². The van der Waals surface area contributed by atoms with Gasteiger partial charge >= 0.3 is 6.61 Å². The normalized spacial score (nSPS) is 20.1. The third kappa shape index (κ3) is 3.63. The molecule has 1 aliphatic rings. The molecule has 1 aliphatic heterocycles. The Labute approximate surface area is 126 Å². The van der Waals surface area contributed by atoms with Crippen LogP contribution in [0.2, 0.25) is 5.02 Å². The molecule has 0 aliphatic carbocycles. The molecule has 1 atom stereocenters. The molecular weight excluding hydrogens is 326 g/mol. The summed E-state index contributed by atoms with van der Waals surface area (Å²) in [6.45, 7) is -1.86. The summed E-state index contributed by atoms with van der Waals surface area (Å²) in [5.41, 5.74) is 5.54. The summed E-state index contributed by atoms with van der Waals surface area (Å²) in [5, 5.41) is -0.175. The summed E-state index contributed by atoms with van der Waals surface area (Å²) in [4.78, 5) is -0.0493. The predicted octanol–water partition coefficient (Wildman–Crippen LogP) is 1.91. The minimum atomic E-state index is -3.70. The maximum Gasteiger partial charge on any atom is 0.387 e. The van der Waals surface area contributed by atoms with E-state index in [2.05, 4.69) is 4.74 Å². The fourth-order valence-electron chi connectivity index (χ4n) is 2.19. The average molecular weight is 341 g/mol. The van der Waals surface area contributed by atoms with Crippen molar-refractivity contribution < 1.29 is 21.9 Å². The minimum absolute atomic E-state index is 0.0493. The van der Waals surface area contributed by atoms with Crippen LogP contribution in [-0.4, -0.2) is 39.0 Å². The Kier molecular flexibility index (Phi) is 5.03. The molecule has 9 heteroatoms. The van der Waals surface area contributed by atoms with Crippen molar-refractivity contribution in [3.05, 3.63) is 23.2 Å². The Hall–Kier alpha value is -0.960. The molecule has 1 aromatic rings. The van der Waals surface area contributed by atoms with Crippen LogP contribution in [0, 0.1) is 5.92 Å². The Morgan fingerprint density at radius 1 is 1.48 bits per heavy atom. The quantitative estimate of drug-likeness (QED) is 0.888. The minimum Gasteiger partial charge on any atom is -0.433 e. The van der Waals surface area contributed by atoms with Crippen molar-refractivity contribution in [2.75, 3.05) is 19.6 Å². The number of nitrogens with two attached hydrogens (primary N) is 1. The molecule has 0 spiro atoms. The van der Waals surface area contributed by atoms with E-state index in [-0.39, 0.29) is 21.6 Å². The van der Waals surface area contributed by atoms with Crippen molar-refractivity contribution in [3.63, 3.8) is 0 Å². The van der Waals surface area contributed by atoms with Crippen molar-refractivity contribution in [2.24, 2.45) is 11.7 Å². The van der Waals surface area contributed by atoms with Crippen molar-refractivity contribution in [1.29, 1.82) is 0 Å². The van der Waals surface area contributed by atoms with Gasteiger partial charge in [0.2, 0.25) is 10.0 Å². The fraction of sp³-hybridized carbons (Fsp3) is 0.500. The van der Waals surface area contributed by atoms with Gasteiger partial charge in [-0.15, -0.1) is 0 Å². The van der Waals surface area contributed by atoms with Gasteiger partial charge in [-0.2, -0.15) is 13.1 Å².